The van der Waals surface area contributed by atoms with Gasteiger partial charge in [-0.25, -0.2) is 0 Å². The van der Waals surface area contributed by atoms with Crippen molar-refractivity contribution in [3.63, 3.8) is 0 Å². The van der Waals surface area contributed by atoms with Gasteiger partial charge < -0.3 is 10.2 Å². The number of aromatic hydroxyl groups is 1. The third-order valence-corrected chi connectivity index (χ3v) is 3.64. The second-order valence-electron chi connectivity index (χ2n) is 4.49. The molecule has 15 heavy (non-hydrogen) atoms. The van der Waals surface area contributed by atoms with Crippen molar-refractivity contribution < 1.29 is 11.6 Å². The zero-order chi connectivity index (χ0) is 10.3. The summed E-state index contributed by atoms with van der Waals surface area (Å²) < 4.78 is 0. The van der Waals surface area contributed by atoms with Crippen LogP contribution in [0.3, 0.4) is 0 Å². The van der Waals surface area contributed by atoms with Gasteiger partial charge in [-0.3, -0.25) is 0 Å². The molecule has 0 amide bonds. The van der Waals surface area contributed by atoms with Crippen LogP contribution in [0.15, 0.2) is 18.2 Å². The van der Waals surface area contributed by atoms with Gasteiger partial charge in [0.25, 0.3) is 0 Å². The van der Waals surface area contributed by atoms with Crippen LogP contribution >= 0.6 is 0 Å². The Labute approximate surface area is 93.1 Å². The normalized spacial score (nSPS) is 28.3. The van der Waals surface area contributed by atoms with E-state index in [1.165, 1.54) is 5.56 Å². The molecule has 1 aromatic carbocycles. The lowest BCUT2D eigenvalue weighted by atomic mass is 9.78. The van der Waals surface area contributed by atoms with Crippen LogP contribution in [-0.4, -0.2) is 16.8 Å². The predicted molar refractivity (Wildman–Crippen MR) is 64.3 cm³/mol. The van der Waals surface area contributed by atoms with Crippen LogP contribution in [-0.2, 0) is 11.8 Å². The maximum absolute atomic E-state index is 9.80. The summed E-state index contributed by atoms with van der Waals surface area (Å²) in [5, 5.41) is 19.3. The van der Waals surface area contributed by atoms with E-state index in [9.17, 15) is 10.2 Å². The van der Waals surface area contributed by atoms with Crippen LogP contribution in [0.4, 0.5) is 0 Å². The van der Waals surface area contributed by atoms with Crippen molar-refractivity contribution in [2.24, 2.45) is 5.92 Å². The van der Waals surface area contributed by atoms with Gasteiger partial charge in [0.15, 0.2) is 0 Å². The van der Waals surface area contributed by atoms with E-state index in [1.807, 2.05) is 19.1 Å². The van der Waals surface area contributed by atoms with Crippen LogP contribution in [0.2, 0.25) is 0 Å². The van der Waals surface area contributed by atoms with Gasteiger partial charge in [-0.2, -0.15) is 0 Å². The van der Waals surface area contributed by atoms with Gasteiger partial charge in [0, 0.05) is 12.4 Å². The number of aliphatic hydroxyl groups excluding tert-OH is 1. The van der Waals surface area contributed by atoms with Gasteiger partial charge in [-0.1, -0.05) is 33.4 Å². The fourth-order valence-corrected chi connectivity index (χ4v) is 2.45. The lowest BCUT2D eigenvalue weighted by Gasteiger charge is -2.28. The highest BCUT2D eigenvalue weighted by Crippen LogP contribution is 2.46. The Bertz CT molecular complexity index is 365. The Balaban J connectivity index is 0.00000112. The molecule has 2 nitrogen and oxygen atoms in total. The summed E-state index contributed by atoms with van der Waals surface area (Å²) in [4.78, 5) is 0. The minimum atomic E-state index is -0.277. The van der Waals surface area contributed by atoms with E-state index in [0.29, 0.717) is 11.7 Å². The fourth-order valence-electron chi connectivity index (χ4n) is 2.45. The molecule has 1 aliphatic rings. The molecule has 0 radical (unpaired) electrons. The molecule has 0 bridgehead atoms. The van der Waals surface area contributed by atoms with Crippen LogP contribution in [0, 0.1) is 5.92 Å². The van der Waals surface area contributed by atoms with Gasteiger partial charge >= 0.3 is 0 Å². The topological polar surface area (TPSA) is 40.5 Å². The molecule has 0 aromatic heterocycles. The van der Waals surface area contributed by atoms with Crippen LogP contribution in [0.1, 0.15) is 33.8 Å². The highest BCUT2D eigenvalue weighted by molar-refractivity contribution is 5.49. The SMILES string of the molecule is C.CC1Cc2cccc(O)c2[C@]1(C)CO.[HH]. The Morgan fingerprint density at radius 3 is 2.80 bits per heavy atom. The number of fused-ring (bicyclic) bond motifs is 1. The van der Waals surface area contributed by atoms with Crippen molar-refractivity contribution >= 4 is 0 Å². The van der Waals surface area contributed by atoms with E-state index in [-0.39, 0.29) is 20.9 Å². The van der Waals surface area contributed by atoms with Gasteiger partial charge in [-0.15, -0.1) is 0 Å². The molecule has 2 heteroatoms. The molecule has 2 atom stereocenters. The molecule has 0 spiro atoms. The Morgan fingerprint density at radius 2 is 2.20 bits per heavy atom. The summed E-state index contributed by atoms with van der Waals surface area (Å²) in [6.07, 6.45) is 0.945. The number of aliphatic hydroxyl groups is 1. The molecule has 0 saturated carbocycles. The van der Waals surface area contributed by atoms with Crippen molar-refractivity contribution in [1.82, 2.24) is 0 Å². The molecule has 2 rings (SSSR count). The van der Waals surface area contributed by atoms with Crippen LogP contribution in [0.5, 0.6) is 5.75 Å². The number of hydrogen-bond donors (Lipinski definition) is 2. The minimum absolute atomic E-state index is 0. The minimum Gasteiger partial charge on any atom is -0.508 e. The number of benzene rings is 1. The fraction of sp³-hybridized carbons (Fsp3) is 0.538. The summed E-state index contributed by atoms with van der Waals surface area (Å²) in [7, 11) is 0. The van der Waals surface area contributed by atoms with Gasteiger partial charge in [-0.05, 0) is 24.0 Å². The molecule has 0 aliphatic heterocycles. The lowest BCUT2D eigenvalue weighted by molar-refractivity contribution is 0.167. The van der Waals surface area contributed by atoms with Crippen molar-refractivity contribution in [3.05, 3.63) is 29.3 Å². The number of rotatable bonds is 1. The largest absolute Gasteiger partial charge is 0.508 e. The highest BCUT2D eigenvalue weighted by Gasteiger charge is 2.41. The molecular weight excluding hydrogens is 188 g/mol. The molecule has 1 aliphatic carbocycles. The first-order valence-corrected chi connectivity index (χ1v) is 5.02. The average Bonchev–Trinajstić information content (AvgIpc) is 2.41. The first kappa shape index (κ1) is 12.1. The van der Waals surface area contributed by atoms with Crippen molar-refractivity contribution in [3.8, 4) is 5.75 Å². The molecule has 0 fully saturated rings. The number of phenols is 1. The Morgan fingerprint density at radius 1 is 1.53 bits per heavy atom. The molecule has 86 valence electrons. The van der Waals surface area contributed by atoms with E-state index in [1.54, 1.807) is 6.07 Å². The monoisotopic (exact) mass is 210 g/mol. The van der Waals surface area contributed by atoms with Gasteiger partial charge in [0.1, 0.15) is 5.75 Å². The van der Waals surface area contributed by atoms with E-state index < -0.39 is 0 Å². The van der Waals surface area contributed by atoms with E-state index in [2.05, 4.69) is 6.92 Å². The predicted octanol–water partition coefficient (Wildman–Crippen LogP) is 2.72. The van der Waals surface area contributed by atoms with Crippen molar-refractivity contribution in [2.75, 3.05) is 6.61 Å². The maximum Gasteiger partial charge on any atom is 0.119 e. The third kappa shape index (κ3) is 1.53. The highest BCUT2D eigenvalue weighted by atomic mass is 16.3. The first-order chi connectivity index (χ1) is 6.59. The Kier molecular flexibility index (Phi) is 3.10. The third-order valence-electron chi connectivity index (χ3n) is 3.64. The van der Waals surface area contributed by atoms with E-state index in [4.69, 9.17) is 0 Å². The maximum atomic E-state index is 9.80. The first-order valence-electron chi connectivity index (χ1n) is 5.02. The van der Waals surface area contributed by atoms with E-state index in [0.717, 1.165) is 12.0 Å². The molecule has 1 unspecified atom stereocenters. The number of hydrogen-bond acceptors (Lipinski definition) is 2. The molecular formula is C13H22O2. The van der Waals surface area contributed by atoms with Crippen molar-refractivity contribution in [1.29, 1.82) is 0 Å². The van der Waals surface area contributed by atoms with Crippen molar-refractivity contribution in [2.45, 2.75) is 33.1 Å². The summed E-state index contributed by atoms with van der Waals surface area (Å²) in [6.45, 7) is 4.23. The van der Waals surface area contributed by atoms with Crippen LogP contribution in [0.25, 0.3) is 0 Å². The molecule has 2 N–H and O–H groups in total. The Hall–Kier alpha value is -1.02. The molecule has 0 heterocycles. The molecule has 0 saturated heterocycles. The van der Waals surface area contributed by atoms with Gasteiger partial charge in [0.05, 0.1) is 6.61 Å². The summed E-state index contributed by atoms with van der Waals surface area (Å²) in [5.74, 6) is 0.708. The summed E-state index contributed by atoms with van der Waals surface area (Å²) in [6, 6.07) is 5.60. The van der Waals surface area contributed by atoms with Gasteiger partial charge in [0.2, 0.25) is 0 Å². The lowest BCUT2D eigenvalue weighted by Crippen LogP contribution is -2.30. The second kappa shape index (κ2) is 3.86. The second-order valence-corrected chi connectivity index (χ2v) is 4.49. The summed E-state index contributed by atoms with van der Waals surface area (Å²) in [5.41, 5.74) is 1.84. The molecule has 1 aromatic rings. The number of phenolic OH excluding ortho intramolecular Hbond substituents is 1. The zero-order valence-electron chi connectivity index (χ0n) is 8.62. The smallest absolute Gasteiger partial charge is 0.119 e. The van der Waals surface area contributed by atoms with Crippen LogP contribution < -0.4 is 0 Å². The van der Waals surface area contributed by atoms with E-state index >= 15 is 0 Å². The zero-order valence-corrected chi connectivity index (χ0v) is 8.62. The average molecular weight is 210 g/mol. The standard InChI is InChI=1S/C12H16O2.CH4.H2/c1-8-6-9-4-3-5-10(14)11(9)12(8,2)7-13;;/h3-5,8,13-14H,6-7H2,1-2H3;1H4;1H/t8?,12-;;/m1../s1. The quantitative estimate of drug-likeness (QED) is 0.748. The summed E-state index contributed by atoms with van der Waals surface area (Å²) >= 11 is 0.